The van der Waals surface area contributed by atoms with Crippen molar-refractivity contribution in [3.05, 3.63) is 76.0 Å². The average Bonchev–Trinajstić information content (AvgIpc) is 2.79. The Morgan fingerprint density at radius 2 is 1.64 bits per heavy atom. The molecule has 9 nitrogen and oxygen atoms in total. The molecular weight excluding hydrogens is 547 g/mol. The van der Waals surface area contributed by atoms with Gasteiger partial charge in [0.2, 0.25) is 0 Å². The number of hydrogen-bond donors (Lipinski definition) is 2. The Hall–Kier alpha value is -4.76. The van der Waals surface area contributed by atoms with Gasteiger partial charge in [-0.05, 0) is 31.2 Å². The van der Waals surface area contributed by atoms with E-state index >= 15 is 4.39 Å². The fourth-order valence-electron chi connectivity index (χ4n) is 3.25. The van der Waals surface area contributed by atoms with Crippen LogP contribution in [-0.2, 0) is 6.18 Å². The quantitative estimate of drug-likeness (QED) is 0.241. The van der Waals surface area contributed by atoms with E-state index in [1.54, 1.807) is 0 Å². The minimum atomic E-state index is -5.23. The predicted molar refractivity (Wildman–Crippen MR) is 118 cm³/mol. The van der Waals surface area contributed by atoms with Crippen LogP contribution in [0.1, 0.15) is 32.0 Å². The molecule has 0 aliphatic heterocycles. The number of primary amides is 1. The molecule has 16 heteroatoms. The molecule has 3 aromatic rings. The van der Waals surface area contributed by atoms with Gasteiger partial charge in [-0.3, -0.25) is 9.59 Å². The minimum Gasteiger partial charge on any atom is -0.618 e. The number of benzene rings is 2. The molecule has 1 heterocycles. The first kappa shape index (κ1) is 28.8. The van der Waals surface area contributed by atoms with Gasteiger partial charge >= 0.3 is 18.4 Å². The second-order valence-electron chi connectivity index (χ2n) is 7.66. The Morgan fingerprint density at radius 3 is 2.21 bits per heavy atom. The lowest BCUT2D eigenvalue weighted by molar-refractivity contribution is -0.607. The molecule has 0 saturated carbocycles. The summed E-state index contributed by atoms with van der Waals surface area (Å²) >= 11 is 0. The number of carbonyl (C=O) groups is 2. The van der Waals surface area contributed by atoms with Crippen LogP contribution in [0, 0.1) is 17.9 Å². The number of alkyl halides is 6. The Kier molecular flexibility index (Phi) is 7.79. The molecule has 39 heavy (non-hydrogen) atoms. The second-order valence-corrected chi connectivity index (χ2v) is 7.66. The molecule has 1 aromatic heterocycles. The van der Waals surface area contributed by atoms with Gasteiger partial charge in [0.25, 0.3) is 11.6 Å². The summed E-state index contributed by atoms with van der Waals surface area (Å²) in [5.41, 5.74) is 1.12. The molecule has 0 atom stereocenters. The highest BCUT2D eigenvalue weighted by molar-refractivity contribution is 6.07. The third-order valence-corrected chi connectivity index (χ3v) is 4.98. The number of carbonyl (C=O) groups excluding carboxylic acids is 2. The highest BCUT2D eigenvalue weighted by atomic mass is 19.4. The van der Waals surface area contributed by atoms with Crippen molar-refractivity contribution in [1.82, 2.24) is 0 Å². The smallest absolute Gasteiger partial charge is 0.573 e. The van der Waals surface area contributed by atoms with Crippen molar-refractivity contribution in [2.75, 3.05) is 12.4 Å². The number of anilines is 1. The Morgan fingerprint density at radius 1 is 1.00 bits per heavy atom. The lowest BCUT2D eigenvalue weighted by atomic mass is 10.1. The number of halogens is 7. The summed E-state index contributed by atoms with van der Waals surface area (Å²) in [5.74, 6) is -7.08. The summed E-state index contributed by atoms with van der Waals surface area (Å²) in [6.07, 6.45) is -9.45. The monoisotopic (exact) mass is 563 g/mol. The average molecular weight is 563 g/mol. The molecule has 0 aliphatic rings. The van der Waals surface area contributed by atoms with Crippen molar-refractivity contribution in [3.8, 4) is 23.0 Å². The van der Waals surface area contributed by atoms with Crippen LogP contribution < -0.4 is 30.0 Å². The number of aryl methyl sites for hydroxylation is 1. The van der Waals surface area contributed by atoms with E-state index in [1.807, 2.05) is 0 Å². The van der Waals surface area contributed by atoms with E-state index in [0.29, 0.717) is 6.07 Å². The first-order chi connectivity index (χ1) is 18.0. The van der Waals surface area contributed by atoms with Gasteiger partial charge in [0.1, 0.15) is 17.1 Å². The van der Waals surface area contributed by atoms with Crippen molar-refractivity contribution < 1.29 is 59.3 Å². The molecule has 0 spiro atoms. The molecule has 0 fully saturated rings. The number of nitrogens with two attached hydrogens (primary N) is 1. The van der Waals surface area contributed by atoms with Gasteiger partial charge in [-0.2, -0.15) is 17.9 Å². The summed E-state index contributed by atoms with van der Waals surface area (Å²) in [5, 5.41) is 13.9. The van der Waals surface area contributed by atoms with Crippen LogP contribution in [-0.4, -0.2) is 25.3 Å². The molecule has 2 aromatic carbocycles. The van der Waals surface area contributed by atoms with Crippen LogP contribution in [0.3, 0.4) is 0 Å². The van der Waals surface area contributed by atoms with Gasteiger partial charge in [0.15, 0.2) is 23.5 Å². The van der Waals surface area contributed by atoms with Gasteiger partial charge in [0, 0.05) is 17.7 Å². The second kappa shape index (κ2) is 10.5. The highest BCUT2D eigenvalue weighted by Crippen LogP contribution is 2.41. The summed E-state index contributed by atoms with van der Waals surface area (Å²) < 4.78 is 107. The molecule has 3 N–H and O–H groups in total. The zero-order valence-corrected chi connectivity index (χ0v) is 19.7. The van der Waals surface area contributed by atoms with E-state index in [1.165, 1.54) is 6.92 Å². The third-order valence-electron chi connectivity index (χ3n) is 4.98. The summed E-state index contributed by atoms with van der Waals surface area (Å²) in [4.78, 5) is 24.5. The largest absolute Gasteiger partial charge is 0.618 e. The van der Waals surface area contributed by atoms with Crippen molar-refractivity contribution in [1.29, 1.82) is 0 Å². The number of rotatable bonds is 7. The molecular formula is C23H16F7N3O6. The van der Waals surface area contributed by atoms with Crippen LogP contribution in [0.2, 0.25) is 0 Å². The summed E-state index contributed by atoms with van der Waals surface area (Å²) in [6, 6.07) is 4.12. The Balaban J connectivity index is 2.10. The number of ether oxygens (including phenoxy) is 3. The molecule has 0 saturated heterocycles. The third kappa shape index (κ3) is 6.58. The van der Waals surface area contributed by atoms with Crippen LogP contribution in [0.25, 0.3) is 0 Å². The Bertz CT molecular complexity index is 1440. The van der Waals surface area contributed by atoms with E-state index in [0.717, 1.165) is 37.6 Å². The van der Waals surface area contributed by atoms with Crippen molar-refractivity contribution in [3.63, 3.8) is 0 Å². The fourth-order valence-corrected chi connectivity index (χ4v) is 3.25. The highest BCUT2D eigenvalue weighted by Gasteiger charge is 2.38. The van der Waals surface area contributed by atoms with Crippen LogP contribution >= 0.6 is 0 Å². The van der Waals surface area contributed by atoms with E-state index in [2.05, 4.69) is 10.1 Å². The predicted octanol–water partition coefficient (Wildman–Crippen LogP) is 4.84. The lowest BCUT2D eigenvalue weighted by Gasteiger charge is -2.18. The number of nitrogens with one attached hydrogen (secondary N) is 1. The van der Waals surface area contributed by atoms with Crippen molar-refractivity contribution >= 4 is 17.5 Å². The van der Waals surface area contributed by atoms with E-state index < -0.39 is 70.0 Å². The maximum atomic E-state index is 15.1. The van der Waals surface area contributed by atoms with Crippen LogP contribution in [0.15, 0.2) is 42.6 Å². The van der Waals surface area contributed by atoms with E-state index in [4.69, 9.17) is 15.2 Å². The molecule has 0 aliphatic carbocycles. The molecule has 0 bridgehead atoms. The lowest BCUT2D eigenvalue weighted by Crippen LogP contribution is -2.37. The molecule has 0 radical (unpaired) electrons. The number of methoxy groups -OCH3 is 1. The van der Waals surface area contributed by atoms with Crippen molar-refractivity contribution in [2.24, 2.45) is 5.73 Å². The Labute approximate surface area is 214 Å². The van der Waals surface area contributed by atoms with Gasteiger partial charge in [0.05, 0.1) is 18.4 Å². The van der Waals surface area contributed by atoms with Crippen LogP contribution in [0.5, 0.6) is 23.0 Å². The molecule has 3 rings (SSSR count). The van der Waals surface area contributed by atoms with Crippen molar-refractivity contribution in [2.45, 2.75) is 19.5 Å². The number of nitrogens with zero attached hydrogens (tertiary/aromatic N) is 1. The molecule has 208 valence electrons. The summed E-state index contributed by atoms with van der Waals surface area (Å²) in [6.45, 7) is 1.30. The van der Waals surface area contributed by atoms with E-state index in [-0.39, 0.29) is 22.0 Å². The van der Waals surface area contributed by atoms with E-state index in [9.17, 15) is 41.1 Å². The fraction of sp³-hybridized carbons (Fsp3) is 0.174. The standard InChI is InChI=1S/C23H16F7N3O6/c1-10-9-33(36)14(20(31)34)8-13(10)32-21(35)18-16(6-4-12(19(18)24)22(25,26)27)38-15-5-3-11(7-17(15)37-2)39-23(28,29)30/h3-9H,1-2H3,(H2,31,34)(H,32,35). The number of pyridine rings is 1. The van der Waals surface area contributed by atoms with Gasteiger partial charge in [-0.25, -0.2) is 4.39 Å². The maximum absolute atomic E-state index is 15.1. The molecule has 0 unspecified atom stereocenters. The van der Waals surface area contributed by atoms with Gasteiger partial charge in [-0.1, -0.05) is 0 Å². The van der Waals surface area contributed by atoms with Gasteiger partial charge in [-0.15, -0.1) is 13.2 Å². The first-order valence-corrected chi connectivity index (χ1v) is 10.4. The molecule has 2 amide bonds. The topological polar surface area (TPSA) is 127 Å². The maximum Gasteiger partial charge on any atom is 0.573 e. The SMILES string of the molecule is COc1cc(OC(F)(F)F)ccc1Oc1ccc(C(F)(F)F)c(F)c1C(=O)Nc1cc(C(N)=O)[n+]([O-])cc1C. The number of amides is 2. The normalized spacial score (nSPS) is 11.6. The summed E-state index contributed by atoms with van der Waals surface area (Å²) in [7, 11) is 1.03. The van der Waals surface area contributed by atoms with Gasteiger partial charge < -0.3 is 30.5 Å². The van der Waals surface area contributed by atoms with Crippen LogP contribution in [0.4, 0.5) is 36.4 Å². The zero-order chi connectivity index (χ0) is 29.3. The number of hydrogen-bond acceptors (Lipinski definition) is 6. The first-order valence-electron chi connectivity index (χ1n) is 10.4. The minimum absolute atomic E-state index is 0.0279. The zero-order valence-electron chi connectivity index (χ0n) is 19.7. The number of aromatic nitrogens is 1.